The van der Waals surface area contributed by atoms with Crippen LogP contribution in [0.1, 0.15) is 90.6 Å². The molecule has 0 aliphatic carbocycles. The molecule has 0 saturated heterocycles. The number of ketones is 1. The number of hydrogen-bond acceptors (Lipinski definition) is 9. The fourth-order valence-electron chi connectivity index (χ4n) is 5.34. The summed E-state index contributed by atoms with van der Waals surface area (Å²) in [6.45, 7) is 1.57. The van der Waals surface area contributed by atoms with E-state index in [0.717, 1.165) is 0 Å². The third kappa shape index (κ3) is 9.23. The van der Waals surface area contributed by atoms with Crippen LogP contribution in [0.5, 0.6) is 17.2 Å². The number of allylic oxidation sites excluding steroid dienone is 1. The van der Waals surface area contributed by atoms with Gasteiger partial charge in [0.2, 0.25) is 11.8 Å². The van der Waals surface area contributed by atoms with Gasteiger partial charge in [-0.25, -0.2) is 4.79 Å². The van der Waals surface area contributed by atoms with Crippen LogP contribution in [0.2, 0.25) is 0 Å². The highest BCUT2D eigenvalue weighted by Gasteiger charge is 2.31. The molecule has 11 heteroatoms. The van der Waals surface area contributed by atoms with E-state index in [1.165, 1.54) is 19.4 Å². The van der Waals surface area contributed by atoms with Gasteiger partial charge in [0.05, 0.1) is 32.6 Å². The van der Waals surface area contributed by atoms with Gasteiger partial charge in [0.15, 0.2) is 0 Å². The van der Waals surface area contributed by atoms with Crippen LogP contribution in [0.25, 0.3) is 6.08 Å². The smallest absolute Gasteiger partial charge is 0.342 e. The quantitative estimate of drug-likeness (QED) is 0.234. The first kappa shape index (κ1) is 33.8. The number of esters is 1. The van der Waals surface area contributed by atoms with Gasteiger partial charge >= 0.3 is 5.97 Å². The highest BCUT2D eigenvalue weighted by Crippen LogP contribution is 2.44. The summed E-state index contributed by atoms with van der Waals surface area (Å²) in [4.78, 5) is 51.2. The second-order valence-corrected chi connectivity index (χ2v) is 11.2. The molecule has 2 unspecified atom stereocenters. The Kier molecular flexibility index (Phi) is 12.0. The van der Waals surface area contributed by atoms with Crippen molar-refractivity contribution in [1.29, 1.82) is 0 Å². The molecule has 3 aromatic rings. The van der Waals surface area contributed by atoms with E-state index in [1.54, 1.807) is 55.5 Å². The average molecular weight is 633 g/mol. The topological polar surface area (TPSA) is 164 Å². The number of cyclic esters (lactones) is 1. The minimum Gasteiger partial charge on any atom is -0.507 e. The van der Waals surface area contributed by atoms with Crippen molar-refractivity contribution in [1.82, 2.24) is 10.6 Å². The normalized spacial score (nSPS) is 16.4. The van der Waals surface area contributed by atoms with E-state index in [0.29, 0.717) is 55.6 Å². The number of furan rings is 1. The third-order valence-electron chi connectivity index (χ3n) is 7.79. The van der Waals surface area contributed by atoms with Crippen LogP contribution in [-0.2, 0) is 25.7 Å². The van der Waals surface area contributed by atoms with Gasteiger partial charge in [0.25, 0.3) is 0 Å². The summed E-state index contributed by atoms with van der Waals surface area (Å²) in [7, 11) is 1.51. The second kappa shape index (κ2) is 16.3. The van der Waals surface area contributed by atoms with Gasteiger partial charge in [-0.15, -0.1) is 0 Å². The Balaban J connectivity index is 1.65. The molecule has 11 nitrogen and oxygen atoms in total. The molecular formula is C35H40N2O9. The molecule has 0 bridgehead atoms. The number of aromatic hydroxyl groups is 2. The lowest BCUT2D eigenvalue weighted by Crippen LogP contribution is -2.37. The van der Waals surface area contributed by atoms with Gasteiger partial charge in [-0.2, -0.15) is 0 Å². The van der Waals surface area contributed by atoms with Crippen LogP contribution < -0.4 is 15.4 Å². The summed E-state index contributed by atoms with van der Waals surface area (Å²) >= 11 is 0. The lowest BCUT2D eigenvalue weighted by Gasteiger charge is -2.23. The van der Waals surface area contributed by atoms with Gasteiger partial charge in [-0.05, 0) is 74.1 Å². The van der Waals surface area contributed by atoms with E-state index in [2.05, 4.69) is 10.6 Å². The number of amides is 2. The van der Waals surface area contributed by atoms with E-state index in [4.69, 9.17) is 13.9 Å². The second-order valence-electron chi connectivity index (χ2n) is 11.2. The first-order valence-electron chi connectivity index (χ1n) is 15.3. The van der Waals surface area contributed by atoms with Gasteiger partial charge in [-0.3, -0.25) is 14.4 Å². The van der Waals surface area contributed by atoms with E-state index < -0.39 is 35.6 Å². The van der Waals surface area contributed by atoms with E-state index in [1.807, 2.05) is 0 Å². The van der Waals surface area contributed by atoms with Crippen LogP contribution in [0.3, 0.4) is 0 Å². The fourth-order valence-corrected chi connectivity index (χ4v) is 5.34. The Bertz CT molecular complexity index is 1540. The van der Waals surface area contributed by atoms with Crippen molar-refractivity contribution < 1.29 is 43.3 Å². The van der Waals surface area contributed by atoms with Gasteiger partial charge in [0.1, 0.15) is 34.4 Å². The first-order chi connectivity index (χ1) is 22.2. The van der Waals surface area contributed by atoms with Crippen LogP contribution in [0.15, 0.2) is 59.2 Å². The van der Waals surface area contributed by atoms with Crippen molar-refractivity contribution in [3.8, 4) is 17.2 Å². The fraction of sp³-hybridized carbons (Fsp3) is 0.371. The minimum absolute atomic E-state index is 0.0361. The number of Topliss-reactive ketones (excluding diaryl/α,β-unsaturated/α-hetero) is 1. The number of nitrogens with one attached hydrogen (secondary N) is 2. The molecule has 244 valence electrons. The third-order valence-corrected chi connectivity index (χ3v) is 7.79. The number of hydrogen-bond donors (Lipinski definition) is 4. The number of carbonyl (C=O) groups is 4. The number of phenols is 2. The first-order valence-corrected chi connectivity index (χ1v) is 15.3. The van der Waals surface area contributed by atoms with Crippen LogP contribution in [0.4, 0.5) is 0 Å². The molecule has 4 N–H and O–H groups in total. The number of fused-ring (bicyclic) bond motifs is 1. The molecule has 1 aromatic heterocycles. The lowest BCUT2D eigenvalue weighted by atomic mass is 9.84. The molecule has 2 atom stereocenters. The Labute approximate surface area is 267 Å². The van der Waals surface area contributed by atoms with Crippen molar-refractivity contribution in [2.24, 2.45) is 0 Å². The molecule has 2 heterocycles. The van der Waals surface area contributed by atoms with Crippen LogP contribution >= 0.6 is 0 Å². The number of benzene rings is 2. The largest absolute Gasteiger partial charge is 0.507 e. The number of ether oxygens (including phenoxy) is 2. The SMILES string of the molecule is COc1ccc(C(CC(=O)NCC(=O)NCc2ccco2)c2c(O)cc3c(c2O)C(=O)OC(C)CCCC(=O)CCCC=C3)cc1. The molecule has 0 radical (unpaired) electrons. The monoisotopic (exact) mass is 632 g/mol. The summed E-state index contributed by atoms with van der Waals surface area (Å²) < 4.78 is 16.1. The summed E-state index contributed by atoms with van der Waals surface area (Å²) in [6.07, 6.45) is 7.16. The van der Waals surface area contributed by atoms with Crippen molar-refractivity contribution in [3.63, 3.8) is 0 Å². The maximum Gasteiger partial charge on any atom is 0.342 e. The Hall–Kier alpha value is -5.06. The maximum atomic E-state index is 13.5. The lowest BCUT2D eigenvalue weighted by molar-refractivity contribution is -0.126. The summed E-state index contributed by atoms with van der Waals surface area (Å²) in [5, 5.41) is 28.2. The molecular weight excluding hydrogens is 592 g/mol. The van der Waals surface area contributed by atoms with E-state index in [9.17, 15) is 29.4 Å². The van der Waals surface area contributed by atoms with Gasteiger partial charge in [-0.1, -0.05) is 24.3 Å². The molecule has 1 aliphatic heterocycles. The van der Waals surface area contributed by atoms with Gasteiger partial charge < -0.3 is 34.7 Å². The summed E-state index contributed by atoms with van der Waals surface area (Å²) in [5.74, 6) is -2.24. The summed E-state index contributed by atoms with van der Waals surface area (Å²) in [6, 6.07) is 11.5. The Morgan fingerprint density at radius 2 is 1.80 bits per heavy atom. The van der Waals surface area contributed by atoms with Gasteiger partial charge in [0, 0.05) is 30.7 Å². The predicted octanol–water partition coefficient (Wildman–Crippen LogP) is 5.14. The number of methoxy groups -OCH3 is 1. The molecule has 1 aliphatic rings. The van der Waals surface area contributed by atoms with E-state index in [-0.39, 0.29) is 47.7 Å². The van der Waals surface area contributed by atoms with E-state index >= 15 is 0 Å². The van der Waals surface area contributed by atoms with Crippen molar-refractivity contribution in [2.45, 2.75) is 70.4 Å². The molecule has 46 heavy (non-hydrogen) atoms. The zero-order valence-corrected chi connectivity index (χ0v) is 26.0. The number of phenolic OH excluding ortho intramolecular Hbond substituents is 2. The van der Waals surface area contributed by atoms with Crippen LogP contribution in [0, 0.1) is 0 Å². The Morgan fingerprint density at radius 3 is 2.52 bits per heavy atom. The molecule has 0 saturated carbocycles. The van der Waals surface area contributed by atoms with Crippen LogP contribution in [-0.4, -0.2) is 53.5 Å². The molecule has 2 amide bonds. The molecule has 0 fully saturated rings. The maximum absolute atomic E-state index is 13.5. The molecule has 0 spiro atoms. The highest BCUT2D eigenvalue weighted by molar-refractivity contribution is 5.98. The standard InChI is InChI=1S/C35H40N2O9/c1-22-8-6-11-25(38)10-5-3-4-9-24-18-29(39)33(34(42)32(24)35(43)46-22)28(23-13-15-26(44-2)16-14-23)19-30(40)37-21-31(41)36-20-27-12-7-17-45-27/h4,7,9,12-18,22,28,39,42H,3,5-6,8,10-11,19-21H2,1-2H3,(H,36,41)(H,37,40). The highest BCUT2D eigenvalue weighted by atomic mass is 16.5. The molecule has 2 aromatic carbocycles. The average Bonchev–Trinajstić information content (AvgIpc) is 3.55. The van der Waals surface area contributed by atoms with Crippen molar-refractivity contribution in [2.75, 3.05) is 13.7 Å². The minimum atomic E-state index is -0.921. The zero-order chi connectivity index (χ0) is 33.1. The van der Waals surface area contributed by atoms with Crippen molar-refractivity contribution >= 4 is 29.6 Å². The zero-order valence-electron chi connectivity index (χ0n) is 26.0. The van der Waals surface area contributed by atoms with Crippen molar-refractivity contribution in [3.05, 3.63) is 82.8 Å². The number of rotatable bonds is 9. The Morgan fingerprint density at radius 1 is 1.04 bits per heavy atom. The predicted molar refractivity (Wildman–Crippen MR) is 169 cm³/mol. The number of carbonyl (C=O) groups excluding carboxylic acids is 4. The summed E-state index contributed by atoms with van der Waals surface area (Å²) in [5.41, 5.74) is 0.614. The molecule has 4 rings (SSSR count).